The Morgan fingerprint density at radius 3 is 2.50 bits per heavy atom. The molecule has 0 radical (unpaired) electrons. The Balaban J connectivity index is 1.51. The van der Waals surface area contributed by atoms with Crippen LogP contribution < -0.4 is 10.1 Å². The van der Waals surface area contributed by atoms with Crippen LogP contribution in [0, 0.1) is 17.8 Å². The van der Waals surface area contributed by atoms with Crippen LogP contribution in [0.25, 0.3) is 0 Å². The first-order valence-electron chi connectivity index (χ1n) is 18.3. The van der Waals surface area contributed by atoms with Crippen LogP contribution in [0.3, 0.4) is 0 Å². The van der Waals surface area contributed by atoms with Crippen LogP contribution in [-0.4, -0.2) is 57.8 Å². The second kappa shape index (κ2) is 17.6. The Bertz CT molecular complexity index is 1730. The Hall–Kier alpha value is -4.09. The van der Waals surface area contributed by atoms with Gasteiger partial charge >= 0.3 is 0 Å². The van der Waals surface area contributed by atoms with E-state index in [0.717, 1.165) is 53.0 Å². The van der Waals surface area contributed by atoms with Crippen LogP contribution in [0.2, 0.25) is 0 Å². The number of aliphatic hydroxyl groups is 2. The van der Waals surface area contributed by atoms with Crippen molar-refractivity contribution in [2.24, 2.45) is 22.9 Å². The van der Waals surface area contributed by atoms with Crippen LogP contribution >= 0.6 is 11.8 Å². The molecule has 10 heteroatoms. The summed E-state index contributed by atoms with van der Waals surface area (Å²) in [6.07, 6.45) is 9.46. The average molecular weight is 727 g/mol. The van der Waals surface area contributed by atoms with Gasteiger partial charge in [0.05, 0.1) is 23.5 Å². The molecule has 1 fully saturated rings. The Morgan fingerprint density at radius 1 is 1.04 bits per heavy atom. The molecular weight excluding hydrogens is 677 g/mol. The molecule has 6 rings (SSSR count). The number of oxime groups is 1. The molecule has 1 amide bonds. The number of benzene rings is 3. The summed E-state index contributed by atoms with van der Waals surface area (Å²) in [5.41, 5.74) is 4.53. The van der Waals surface area contributed by atoms with E-state index in [9.17, 15) is 20.1 Å². The average Bonchev–Trinajstić information content (AvgIpc) is 3.14. The maximum atomic E-state index is 11.7. The van der Waals surface area contributed by atoms with Gasteiger partial charge in [-0.3, -0.25) is 4.79 Å². The minimum absolute atomic E-state index is 0.108. The van der Waals surface area contributed by atoms with E-state index in [1.54, 1.807) is 23.9 Å². The summed E-state index contributed by atoms with van der Waals surface area (Å²) in [7, 11) is 0. The molecule has 6 atom stereocenters. The first kappa shape index (κ1) is 37.7. The number of unbranched alkanes of at least 4 members (excludes halogenated alkanes) is 2. The number of aromatic hydroxyl groups is 1. The number of nitrogens with one attached hydrogen (secondary N) is 1. The molecule has 0 saturated heterocycles. The lowest BCUT2D eigenvalue weighted by Gasteiger charge is -2.58. The number of thioether (sulfide) groups is 1. The lowest BCUT2D eigenvalue weighted by Crippen LogP contribution is -2.64. The van der Waals surface area contributed by atoms with Crippen LogP contribution in [0.4, 0.5) is 5.69 Å². The van der Waals surface area contributed by atoms with Gasteiger partial charge in [0.15, 0.2) is 0 Å². The van der Waals surface area contributed by atoms with Gasteiger partial charge < -0.3 is 34.9 Å². The van der Waals surface area contributed by atoms with Crippen molar-refractivity contribution in [3.05, 3.63) is 108 Å². The van der Waals surface area contributed by atoms with Crippen LogP contribution in [0.1, 0.15) is 68.9 Å². The van der Waals surface area contributed by atoms with Crippen LogP contribution in [0.5, 0.6) is 11.5 Å². The zero-order valence-electron chi connectivity index (χ0n) is 29.8. The van der Waals surface area contributed by atoms with E-state index in [-0.39, 0.29) is 60.4 Å². The second-order valence-electron chi connectivity index (χ2n) is 13.9. The predicted molar refractivity (Wildman–Crippen MR) is 204 cm³/mol. The molecule has 3 aromatic rings. The number of hydrogen-bond acceptors (Lipinski definition) is 9. The van der Waals surface area contributed by atoms with Gasteiger partial charge in [0.1, 0.15) is 18.1 Å². The van der Waals surface area contributed by atoms with Gasteiger partial charge in [-0.05, 0) is 91.1 Å². The van der Waals surface area contributed by atoms with Gasteiger partial charge in [-0.1, -0.05) is 60.5 Å². The maximum absolute atomic E-state index is 11.7. The van der Waals surface area contributed by atoms with E-state index in [0.29, 0.717) is 37.3 Å². The highest BCUT2D eigenvalue weighted by Crippen LogP contribution is 2.63. The highest BCUT2D eigenvalue weighted by molar-refractivity contribution is 8.00. The molecule has 2 aliphatic carbocycles. The third kappa shape index (κ3) is 8.41. The lowest BCUT2D eigenvalue weighted by molar-refractivity contribution is -0.223. The van der Waals surface area contributed by atoms with Crippen molar-refractivity contribution in [1.29, 1.82) is 0 Å². The SMILES string of the molecule is C=CCOC12Oc3ccc(O)cc3C3C(CCCCO)C(CCCCO)C=C(C(=NOCc4ccccc4)CC1Sc1ccc(NC(C)=O)cc1)C32. The molecular formula is C42H50N2O7S. The molecule has 6 unspecified atom stereocenters. The van der Waals surface area contributed by atoms with Crippen molar-refractivity contribution in [1.82, 2.24) is 0 Å². The molecule has 0 aromatic heterocycles. The summed E-state index contributed by atoms with van der Waals surface area (Å²) in [5.74, 6) is -0.546. The van der Waals surface area contributed by atoms with Gasteiger partial charge in [0.25, 0.3) is 0 Å². The van der Waals surface area contributed by atoms with E-state index >= 15 is 0 Å². The van der Waals surface area contributed by atoms with Crippen molar-refractivity contribution in [3.8, 4) is 11.5 Å². The summed E-state index contributed by atoms with van der Waals surface area (Å²) in [4.78, 5) is 18.8. The normalized spacial score (nSPS) is 25.3. The fraction of sp³-hybridized carbons (Fsp3) is 0.429. The summed E-state index contributed by atoms with van der Waals surface area (Å²) in [6, 6.07) is 23.1. The zero-order chi connectivity index (χ0) is 36.5. The maximum Gasteiger partial charge on any atom is 0.231 e. The minimum atomic E-state index is -1.14. The fourth-order valence-corrected chi connectivity index (χ4v) is 9.47. The number of hydrogen-bond donors (Lipinski definition) is 4. The molecule has 3 aromatic carbocycles. The van der Waals surface area contributed by atoms with E-state index in [4.69, 9.17) is 19.5 Å². The summed E-state index contributed by atoms with van der Waals surface area (Å²) in [6.45, 7) is 6.33. The predicted octanol–water partition coefficient (Wildman–Crippen LogP) is 7.98. The van der Waals surface area contributed by atoms with Gasteiger partial charge in [0, 0.05) is 48.6 Å². The molecule has 0 bridgehead atoms. The fourth-order valence-electron chi connectivity index (χ4n) is 8.18. The van der Waals surface area contributed by atoms with E-state index in [2.05, 4.69) is 18.0 Å². The number of phenolic OH excluding ortho intramolecular Hbond substituents is 1. The highest BCUT2D eigenvalue weighted by atomic mass is 32.2. The Morgan fingerprint density at radius 2 is 1.79 bits per heavy atom. The van der Waals surface area contributed by atoms with E-state index < -0.39 is 5.79 Å². The number of amides is 1. The second-order valence-corrected chi connectivity index (χ2v) is 15.1. The van der Waals surface area contributed by atoms with Gasteiger partial charge in [-0.2, -0.15) is 0 Å². The minimum Gasteiger partial charge on any atom is -0.508 e. The number of nitrogens with zero attached hydrogens (tertiary/aromatic N) is 1. The summed E-state index contributed by atoms with van der Waals surface area (Å²) in [5, 5.41) is 37.8. The van der Waals surface area contributed by atoms with Crippen molar-refractivity contribution in [2.75, 3.05) is 25.1 Å². The topological polar surface area (TPSA) is 130 Å². The molecule has 276 valence electrons. The van der Waals surface area contributed by atoms with E-state index in [1.165, 1.54) is 6.92 Å². The summed E-state index contributed by atoms with van der Waals surface area (Å²) >= 11 is 1.65. The van der Waals surface area contributed by atoms with Crippen LogP contribution in [-0.2, 0) is 21.0 Å². The number of fused-ring (bicyclic) bond motifs is 2. The largest absolute Gasteiger partial charge is 0.508 e. The van der Waals surface area contributed by atoms with Crippen LogP contribution in [0.15, 0.2) is 107 Å². The van der Waals surface area contributed by atoms with Crippen molar-refractivity contribution in [3.63, 3.8) is 0 Å². The number of ether oxygens (including phenoxy) is 2. The highest BCUT2D eigenvalue weighted by Gasteiger charge is 2.64. The van der Waals surface area contributed by atoms with Gasteiger partial charge in [-0.15, -0.1) is 18.3 Å². The molecule has 9 nitrogen and oxygen atoms in total. The Labute approximate surface area is 310 Å². The molecule has 3 aliphatic rings. The number of carbonyl (C=O) groups excluding carboxylic acids is 1. The molecule has 4 N–H and O–H groups in total. The van der Waals surface area contributed by atoms with Crippen molar-refractivity contribution < 1.29 is 34.4 Å². The number of aliphatic hydroxyl groups excluding tert-OH is 2. The lowest BCUT2D eigenvalue weighted by atomic mass is 9.56. The van der Waals surface area contributed by atoms with Crippen molar-refractivity contribution in [2.45, 2.75) is 80.3 Å². The van der Waals surface area contributed by atoms with Gasteiger partial charge in [-0.25, -0.2) is 0 Å². The first-order chi connectivity index (χ1) is 25.4. The quantitative estimate of drug-likeness (QED) is 0.0626. The number of allylic oxidation sites excluding steroid dienone is 1. The molecule has 0 spiro atoms. The third-order valence-corrected chi connectivity index (χ3v) is 11.7. The molecule has 1 aliphatic heterocycles. The number of carbonyl (C=O) groups is 1. The van der Waals surface area contributed by atoms with E-state index in [1.807, 2.05) is 66.7 Å². The molecule has 1 heterocycles. The summed E-state index contributed by atoms with van der Waals surface area (Å²) < 4.78 is 14.1. The monoisotopic (exact) mass is 726 g/mol. The Kier molecular flexibility index (Phi) is 12.8. The first-order valence-corrected chi connectivity index (χ1v) is 19.2. The smallest absolute Gasteiger partial charge is 0.231 e. The van der Waals surface area contributed by atoms with Crippen molar-refractivity contribution >= 4 is 29.1 Å². The van der Waals surface area contributed by atoms with Gasteiger partial charge in [0.2, 0.25) is 11.7 Å². The standard InChI is InChI=1S/C42H50N2O7S/c1-3-23-49-42-39(52-33-18-15-31(16-19-33)43-28(2)47)26-37(44-50-27-29-11-5-4-6-12-29)35-24-30(13-7-9-21-45)34(14-8-10-22-46)40(41(35)42)36-25-32(48)17-20-38(36)51-42/h3-6,11-12,15-20,24-25,30,34,39-41,45-46,48H,1,7-10,13-14,21-23,26-27H2,2H3,(H,43,47). The number of phenols is 1. The third-order valence-electron chi connectivity index (χ3n) is 10.3. The number of anilines is 1. The zero-order valence-corrected chi connectivity index (χ0v) is 30.6. The molecule has 52 heavy (non-hydrogen) atoms. The molecule has 1 saturated carbocycles. The number of rotatable bonds is 17.